The first-order valence-electron chi connectivity index (χ1n) is 5.73. The van der Waals surface area contributed by atoms with Crippen LogP contribution in [-0.4, -0.2) is 22.4 Å². The predicted molar refractivity (Wildman–Crippen MR) is 73.0 cm³/mol. The van der Waals surface area contributed by atoms with Gasteiger partial charge in [-0.15, -0.1) is 0 Å². The van der Waals surface area contributed by atoms with Gasteiger partial charge in [-0.1, -0.05) is 29.8 Å². The van der Waals surface area contributed by atoms with Crippen molar-refractivity contribution in [3.63, 3.8) is 0 Å². The van der Waals surface area contributed by atoms with E-state index in [0.717, 1.165) is 10.0 Å². The zero-order chi connectivity index (χ0) is 13.1. The fourth-order valence-electron chi connectivity index (χ4n) is 1.35. The summed E-state index contributed by atoms with van der Waals surface area (Å²) in [6.07, 6.45) is 0. The van der Waals surface area contributed by atoms with E-state index in [1.54, 1.807) is 12.1 Å². The molecule has 0 bridgehead atoms. The van der Waals surface area contributed by atoms with E-state index in [1.165, 1.54) is 0 Å². The van der Waals surface area contributed by atoms with Gasteiger partial charge in [-0.05, 0) is 36.6 Å². The molecule has 1 rings (SSSR count). The molecule has 0 aliphatic carbocycles. The minimum Gasteiger partial charge on any atom is -0.508 e. The second-order valence-corrected chi connectivity index (χ2v) is 5.75. The SMILES string of the molecule is CC(C)C(C)(O)CNCc1cc(O)ccc1Br. The second kappa shape index (κ2) is 5.85. The molecule has 0 heterocycles. The molecule has 1 aromatic rings. The highest BCUT2D eigenvalue weighted by atomic mass is 79.9. The third-order valence-corrected chi connectivity index (χ3v) is 3.85. The van der Waals surface area contributed by atoms with Crippen LogP contribution in [0.4, 0.5) is 0 Å². The Balaban J connectivity index is 2.54. The molecule has 1 unspecified atom stereocenters. The van der Waals surface area contributed by atoms with Gasteiger partial charge in [0.05, 0.1) is 5.60 Å². The van der Waals surface area contributed by atoms with Crippen molar-refractivity contribution >= 4 is 15.9 Å². The number of halogens is 1. The van der Waals surface area contributed by atoms with Gasteiger partial charge in [0.1, 0.15) is 5.75 Å². The van der Waals surface area contributed by atoms with E-state index in [0.29, 0.717) is 13.1 Å². The summed E-state index contributed by atoms with van der Waals surface area (Å²) in [5.74, 6) is 0.447. The van der Waals surface area contributed by atoms with Crippen molar-refractivity contribution in [2.24, 2.45) is 5.92 Å². The second-order valence-electron chi connectivity index (χ2n) is 4.89. The van der Waals surface area contributed by atoms with Gasteiger partial charge in [0, 0.05) is 17.6 Å². The quantitative estimate of drug-likeness (QED) is 0.784. The van der Waals surface area contributed by atoms with Crippen molar-refractivity contribution in [2.75, 3.05) is 6.54 Å². The van der Waals surface area contributed by atoms with Gasteiger partial charge in [-0.2, -0.15) is 0 Å². The van der Waals surface area contributed by atoms with Crippen molar-refractivity contribution in [3.8, 4) is 5.75 Å². The van der Waals surface area contributed by atoms with Gasteiger partial charge < -0.3 is 15.5 Å². The number of aliphatic hydroxyl groups is 1. The van der Waals surface area contributed by atoms with Crippen LogP contribution in [-0.2, 0) is 6.54 Å². The molecule has 3 nitrogen and oxygen atoms in total. The molecule has 0 saturated heterocycles. The Kier molecular flexibility index (Phi) is 4.98. The highest BCUT2D eigenvalue weighted by molar-refractivity contribution is 9.10. The van der Waals surface area contributed by atoms with E-state index >= 15 is 0 Å². The summed E-state index contributed by atoms with van der Waals surface area (Å²) in [7, 11) is 0. The number of aromatic hydroxyl groups is 1. The minimum absolute atomic E-state index is 0.197. The number of benzene rings is 1. The maximum absolute atomic E-state index is 10.1. The normalized spacial score (nSPS) is 14.9. The lowest BCUT2D eigenvalue weighted by molar-refractivity contribution is 0.0140. The monoisotopic (exact) mass is 301 g/mol. The summed E-state index contributed by atoms with van der Waals surface area (Å²) in [6.45, 7) is 6.94. The topological polar surface area (TPSA) is 52.5 Å². The van der Waals surface area contributed by atoms with Crippen LogP contribution in [0.25, 0.3) is 0 Å². The lowest BCUT2D eigenvalue weighted by atomic mass is 9.92. The number of hydrogen-bond acceptors (Lipinski definition) is 3. The van der Waals surface area contributed by atoms with E-state index in [9.17, 15) is 10.2 Å². The zero-order valence-electron chi connectivity index (χ0n) is 10.5. The van der Waals surface area contributed by atoms with Crippen molar-refractivity contribution in [1.82, 2.24) is 5.32 Å². The molecule has 0 aromatic heterocycles. The minimum atomic E-state index is -0.719. The molecule has 0 aliphatic rings. The van der Waals surface area contributed by atoms with Gasteiger partial charge in [-0.25, -0.2) is 0 Å². The van der Waals surface area contributed by atoms with Gasteiger partial charge in [0.25, 0.3) is 0 Å². The Morgan fingerprint density at radius 2 is 2.06 bits per heavy atom. The van der Waals surface area contributed by atoms with E-state index in [2.05, 4.69) is 21.2 Å². The standard InChI is InChI=1S/C13H20BrNO2/c1-9(2)13(3,17)8-15-7-10-6-11(16)4-5-12(10)14/h4-6,9,15-17H,7-8H2,1-3H3. The van der Waals surface area contributed by atoms with E-state index in [1.807, 2.05) is 26.8 Å². The summed E-state index contributed by atoms with van der Waals surface area (Å²) in [5, 5.41) is 22.7. The maximum Gasteiger partial charge on any atom is 0.115 e. The van der Waals surface area contributed by atoms with Crippen molar-refractivity contribution in [3.05, 3.63) is 28.2 Å². The molecular formula is C13H20BrNO2. The van der Waals surface area contributed by atoms with Gasteiger partial charge >= 0.3 is 0 Å². The van der Waals surface area contributed by atoms with Crippen molar-refractivity contribution in [2.45, 2.75) is 32.9 Å². The Labute approximate surface area is 111 Å². The highest BCUT2D eigenvalue weighted by Crippen LogP contribution is 2.22. The first-order valence-corrected chi connectivity index (χ1v) is 6.52. The number of hydrogen-bond donors (Lipinski definition) is 3. The average Bonchev–Trinajstić information content (AvgIpc) is 2.22. The van der Waals surface area contributed by atoms with Crippen LogP contribution in [0.1, 0.15) is 26.3 Å². The first kappa shape index (κ1) is 14.5. The molecule has 0 saturated carbocycles. The van der Waals surface area contributed by atoms with Gasteiger partial charge in [0.2, 0.25) is 0 Å². The molecule has 0 fully saturated rings. The van der Waals surface area contributed by atoms with Crippen LogP contribution >= 0.6 is 15.9 Å². The summed E-state index contributed by atoms with van der Waals surface area (Å²) < 4.78 is 0.951. The van der Waals surface area contributed by atoms with E-state index in [4.69, 9.17) is 0 Å². The molecule has 17 heavy (non-hydrogen) atoms. The molecule has 96 valence electrons. The molecule has 0 spiro atoms. The van der Waals surface area contributed by atoms with Crippen LogP contribution < -0.4 is 5.32 Å². The molecule has 0 radical (unpaired) electrons. The van der Waals surface area contributed by atoms with Gasteiger partial charge in [0.15, 0.2) is 0 Å². The third-order valence-electron chi connectivity index (χ3n) is 3.07. The van der Waals surface area contributed by atoms with Crippen LogP contribution in [0, 0.1) is 5.92 Å². The maximum atomic E-state index is 10.1. The number of phenolic OH excluding ortho intramolecular Hbond substituents is 1. The van der Waals surface area contributed by atoms with Crippen molar-refractivity contribution < 1.29 is 10.2 Å². The molecule has 0 aliphatic heterocycles. The first-order chi connectivity index (χ1) is 7.83. The molecular weight excluding hydrogens is 282 g/mol. The predicted octanol–water partition coefficient (Wildman–Crippen LogP) is 2.65. The van der Waals surface area contributed by atoms with E-state index < -0.39 is 5.60 Å². The van der Waals surface area contributed by atoms with Crippen LogP contribution in [0.2, 0.25) is 0 Å². The number of rotatable bonds is 5. The summed E-state index contributed by atoms with van der Waals surface area (Å²) in [6, 6.07) is 5.16. The molecule has 0 amide bonds. The lowest BCUT2D eigenvalue weighted by Gasteiger charge is -2.28. The lowest BCUT2D eigenvalue weighted by Crippen LogP contribution is -2.41. The van der Waals surface area contributed by atoms with Gasteiger partial charge in [-0.3, -0.25) is 0 Å². The summed E-state index contributed by atoms with van der Waals surface area (Å²) >= 11 is 3.43. The highest BCUT2D eigenvalue weighted by Gasteiger charge is 2.23. The van der Waals surface area contributed by atoms with Crippen LogP contribution in [0.3, 0.4) is 0 Å². The zero-order valence-corrected chi connectivity index (χ0v) is 12.1. The summed E-state index contributed by atoms with van der Waals surface area (Å²) in [5.41, 5.74) is 0.257. The Hall–Kier alpha value is -0.580. The van der Waals surface area contributed by atoms with Crippen LogP contribution in [0.15, 0.2) is 22.7 Å². The average molecular weight is 302 g/mol. The molecule has 3 N–H and O–H groups in total. The van der Waals surface area contributed by atoms with E-state index in [-0.39, 0.29) is 11.7 Å². The van der Waals surface area contributed by atoms with Crippen LogP contribution in [0.5, 0.6) is 5.75 Å². The van der Waals surface area contributed by atoms with Crippen molar-refractivity contribution in [1.29, 1.82) is 0 Å². The smallest absolute Gasteiger partial charge is 0.115 e. The largest absolute Gasteiger partial charge is 0.508 e. The molecule has 4 heteroatoms. The fraction of sp³-hybridized carbons (Fsp3) is 0.538. The molecule has 1 aromatic carbocycles. The summed E-state index contributed by atoms with van der Waals surface area (Å²) in [4.78, 5) is 0. The Morgan fingerprint density at radius 3 is 2.65 bits per heavy atom. The third kappa shape index (κ3) is 4.30. The molecule has 1 atom stereocenters. The number of phenols is 1. The number of nitrogens with one attached hydrogen (secondary N) is 1. The Bertz CT molecular complexity index is 378. The Morgan fingerprint density at radius 1 is 1.41 bits per heavy atom. The fourth-order valence-corrected chi connectivity index (χ4v) is 1.74.